The normalized spacial score (nSPS) is 22.5. The molecule has 104 valence electrons. The molecule has 0 spiro atoms. The minimum atomic E-state index is -0.877. The molecule has 2 amide bonds. The Labute approximate surface area is 112 Å². The second-order valence-electron chi connectivity index (χ2n) is 5.41. The Hall–Kier alpha value is -1.85. The highest BCUT2D eigenvalue weighted by molar-refractivity contribution is 5.99. The molecule has 0 aliphatic carbocycles. The van der Waals surface area contributed by atoms with Gasteiger partial charge in [-0.05, 0) is 27.2 Å². The van der Waals surface area contributed by atoms with Crippen molar-refractivity contribution in [3.05, 3.63) is 17.5 Å². The van der Waals surface area contributed by atoms with Crippen LogP contribution in [0, 0.1) is 6.92 Å². The van der Waals surface area contributed by atoms with Crippen molar-refractivity contribution in [3.63, 3.8) is 0 Å². The fourth-order valence-electron chi connectivity index (χ4n) is 2.33. The van der Waals surface area contributed by atoms with Gasteiger partial charge in [0.1, 0.15) is 11.6 Å². The highest BCUT2D eigenvalue weighted by atomic mass is 16.5. The van der Waals surface area contributed by atoms with E-state index in [0.717, 1.165) is 5.69 Å². The lowest BCUT2D eigenvalue weighted by Gasteiger charge is -2.42. The van der Waals surface area contributed by atoms with E-state index in [-0.39, 0.29) is 18.4 Å². The molecule has 1 aliphatic heterocycles. The maximum absolute atomic E-state index is 12.4. The SMILES string of the molecule is CCC1C(=O)NC(C)(C)C(=O)N1Cc1cc(C)no1. The zero-order valence-electron chi connectivity index (χ0n) is 11.7. The van der Waals surface area contributed by atoms with Crippen LogP contribution < -0.4 is 5.32 Å². The van der Waals surface area contributed by atoms with Gasteiger partial charge in [0.05, 0.1) is 12.2 Å². The van der Waals surface area contributed by atoms with Gasteiger partial charge >= 0.3 is 0 Å². The number of hydrogen-bond donors (Lipinski definition) is 1. The van der Waals surface area contributed by atoms with Gasteiger partial charge in [-0.25, -0.2) is 0 Å². The Morgan fingerprint density at radius 2 is 2.16 bits per heavy atom. The first kappa shape index (κ1) is 13.6. The van der Waals surface area contributed by atoms with Crippen LogP contribution in [0.2, 0.25) is 0 Å². The maximum Gasteiger partial charge on any atom is 0.248 e. The predicted octanol–water partition coefficient (Wildman–Crippen LogP) is 0.999. The van der Waals surface area contributed by atoms with Gasteiger partial charge in [0.15, 0.2) is 5.76 Å². The number of carbonyl (C=O) groups is 2. The Balaban J connectivity index is 2.27. The molecule has 1 fully saturated rings. The van der Waals surface area contributed by atoms with Crippen LogP contribution >= 0.6 is 0 Å². The van der Waals surface area contributed by atoms with E-state index in [4.69, 9.17) is 4.52 Å². The number of amides is 2. The highest BCUT2D eigenvalue weighted by Gasteiger charge is 2.44. The number of nitrogens with zero attached hydrogens (tertiary/aromatic N) is 2. The number of hydrogen-bond acceptors (Lipinski definition) is 4. The van der Waals surface area contributed by atoms with Crippen molar-refractivity contribution in [2.45, 2.75) is 52.2 Å². The lowest BCUT2D eigenvalue weighted by atomic mass is 9.95. The topological polar surface area (TPSA) is 75.4 Å². The third-order valence-electron chi connectivity index (χ3n) is 3.30. The molecule has 6 nitrogen and oxygen atoms in total. The van der Waals surface area contributed by atoms with E-state index in [0.29, 0.717) is 12.2 Å². The van der Waals surface area contributed by atoms with Gasteiger partial charge in [-0.15, -0.1) is 0 Å². The summed E-state index contributed by atoms with van der Waals surface area (Å²) < 4.78 is 5.14. The Morgan fingerprint density at radius 3 is 2.68 bits per heavy atom. The van der Waals surface area contributed by atoms with Crippen LogP contribution in [0.5, 0.6) is 0 Å². The molecule has 2 heterocycles. The summed E-state index contributed by atoms with van der Waals surface area (Å²) in [5.41, 5.74) is -0.117. The van der Waals surface area contributed by atoms with Crippen LogP contribution in [0.3, 0.4) is 0 Å². The molecule has 1 aromatic rings. The quantitative estimate of drug-likeness (QED) is 0.884. The van der Waals surface area contributed by atoms with E-state index < -0.39 is 11.6 Å². The molecule has 0 saturated carbocycles. The van der Waals surface area contributed by atoms with Gasteiger partial charge in [0, 0.05) is 6.07 Å². The van der Waals surface area contributed by atoms with E-state index in [1.165, 1.54) is 0 Å². The number of carbonyl (C=O) groups excluding carboxylic acids is 2. The van der Waals surface area contributed by atoms with E-state index in [1.54, 1.807) is 24.8 Å². The molecule has 1 N–H and O–H groups in total. The van der Waals surface area contributed by atoms with Crippen molar-refractivity contribution in [1.82, 2.24) is 15.4 Å². The Bertz CT molecular complexity index is 507. The summed E-state index contributed by atoms with van der Waals surface area (Å²) in [6.45, 7) is 7.39. The predicted molar refractivity (Wildman–Crippen MR) is 68.1 cm³/mol. The van der Waals surface area contributed by atoms with Crippen LogP contribution in [-0.4, -0.2) is 33.5 Å². The molecule has 1 aliphatic rings. The maximum atomic E-state index is 12.4. The summed E-state index contributed by atoms with van der Waals surface area (Å²) in [6, 6.07) is 1.32. The smallest absolute Gasteiger partial charge is 0.248 e. The molecular formula is C13H19N3O3. The highest BCUT2D eigenvalue weighted by Crippen LogP contribution is 2.22. The van der Waals surface area contributed by atoms with Crippen molar-refractivity contribution >= 4 is 11.8 Å². The van der Waals surface area contributed by atoms with Gasteiger partial charge < -0.3 is 14.7 Å². The number of rotatable bonds is 3. The fraction of sp³-hybridized carbons (Fsp3) is 0.615. The third kappa shape index (κ3) is 2.47. The summed E-state index contributed by atoms with van der Waals surface area (Å²) in [7, 11) is 0. The Kier molecular flexibility index (Phi) is 3.34. The van der Waals surface area contributed by atoms with Crippen LogP contribution in [0.25, 0.3) is 0 Å². The van der Waals surface area contributed by atoms with Crippen molar-refractivity contribution < 1.29 is 14.1 Å². The summed E-state index contributed by atoms with van der Waals surface area (Å²) in [5.74, 6) is 0.367. The second kappa shape index (κ2) is 4.68. The average Bonchev–Trinajstić information content (AvgIpc) is 2.71. The van der Waals surface area contributed by atoms with E-state index in [9.17, 15) is 9.59 Å². The lowest BCUT2D eigenvalue weighted by molar-refractivity contribution is -0.154. The summed E-state index contributed by atoms with van der Waals surface area (Å²) >= 11 is 0. The van der Waals surface area contributed by atoms with Gasteiger partial charge in [-0.2, -0.15) is 0 Å². The number of nitrogens with one attached hydrogen (secondary N) is 1. The lowest BCUT2D eigenvalue weighted by Crippen LogP contribution is -2.67. The van der Waals surface area contributed by atoms with Crippen LogP contribution in [0.1, 0.15) is 38.6 Å². The molecule has 1 aromatic heterocycles. The van der Waals surface area contributed by atoms with Crippen LogP contribution in [0.4, 0.5) is 0 Å². The van der Waals surface area contributed by atoms with Crippen molar-refractivity contribution in [1.29, 1.82) is 0 Å². The number of piperazine rings is 1. The molecule has 0 radical (unpaired) electrons. The van der Waals surface area contributed by atoms with E-state index in [1.807, 2.05) is 13.8 Å². The minimum absolute atomic E-state index is 0.104. The molecule has 6 heteroatoms. The van der Waals surface area contributed by atoms with E-state index in [2.05, 4.69) is 10.5 Å². The molecule has 2 rings (SSSR count). The largest absolute Gasteiger partial charge is 0.359 e. The summed E-state index contributed by atoms with van der Waals surface area (Å²) in [6.07, 6.45) is 0.570. The fourth-order valence-corrected chi connectivity index (χ4v) is 2.33. The van der Waals surface area contributed by atoms with Crippen molar-refractivity contribution in [2.24, 2.45) is 0 Å². The molecule has 19 heavy (non-hydrogen) atoms. The number of aromatic nitrogens is 1. The van der Waals surface area contributed by atoms with Crippen molar-refractivity contribution in [3.8, 4) is 0 Å². The third-order valence-corrected chi connectivity index (χ3v) is 3.30. The first-order valence-electron chi connectivity index (χ1n) is 6.40. The zero-order chi connectivity index (χ0) is 14.2. The molecule has 0 bridgehead atoms. The molecule has 1 atom stereocenters. The standard InChI is InChI=1S/C13H19N3O3/c1-5-10-11(17)14-13(3,4)12(18)16(10)7-9-6-8(2)15-19-9/h6,10H,5,7H2,1-4H3,(H,14,17). The second-order valence-corrected chi connectivity index (χ2v) is 5.41. The Morgan fingerprint density at radius 1 is 1.47 bits per heavy atom. The average molecular weight is 265 g/mol. The summed E-state index contributed by atoms with van der Waals surface area (Å²) in [5, 5.41) is 6.55. The van der Waals surface area contributed by atoms with Gasteiger partial charge in [0.25, 0.3) is 0 Å². The first-order valence-corrected chi connectivity index (χ1v) is 6.40. The molecular weight excluding hydrogens is 246 g/mol. The zero-order valence-corrected chi connectivity index (χ0v) is 11.7. The van der Waals surface area contributed by atoms with Crippen molar-refractivity contribution in [2.75, 3.05) is 0 Å². The van der Waals surface area contributed by atoms with Gasteiger partial charge in [0.2, 0.25) is 11.8 Å². The van der Waals surface area contributed by atoms with Crippen LogP contribution in [0.15, 0.2) is 10.6 Å². The van der Waals surface area contributed by atoms with E-state index >= 15 is 0 Å². The minimum Gasteiger partial charge on any atom is -0.359 e. The van der Waals surface area contributed by atoms with Crippen LogP contribution in [-0.2, 0) is 16.1 Å². The van der Waals surface area contributed by atoms with Gasteiger partial charge in [-0.3, -0.25) is 9.59 Å². The molecule has 1 unspecified atom stereocenters. The first-order chi connectivity index (χ1) is 8.85. The number of aryl methyl sites for hydroxylation is 1. The van der Waals surface area contributed by atoms with Gasteiger partial charge in [-0.1, -0.05) is 12.1 Å². The monoisotopic (exact) mass is 265 g/mol. The molecule has 0 aromatic carbocycles. The summed E-state index contributed by atoms with van der Waals surface area (Å²) in [4.78, 5) is 26.0. The molecule has 1 saturated heterocycles.